The van der Waals surface area contributed by atoms with Gasteiger partial charge >= 0.3 is 0 Å². The number of fused-ring (bicyclic) bond motifs is 1. The van der Waals surface area contributed by atoms with E-state index in [1.807, 2.05) is 0 Å². The highest BCUT2D eigenvalue weighted by Gasteiger charge is 2.23. The molecule has 1 amide bonds. The second-order valence-electron chi connectivity index (χ2n) is 4.30. The molecule has 1 aromatic rings. The van der Waals surface area contributed by atoms with Gasteiger partial charge in [0.05, 0.1) is 5.69 Å². The highest BCUT2D eigenvalue weighted by molar-refractivity contribution is 6.01. The second-order valence-corrected chi connectivity index (χ2v) is 4.30. The normalized spacial score (nSPS) is 18.1. The Morgan fingerprint density at radius 3 is 3.00 bits per heavy atom. The first-order valence-electron chi connectivity index (χ1n) is 6.08. The van der Waals surface area contributed by atoms with Gasteiger partial charge in [0.1, 0.15) is 19.5 Å². The van der Waals surface area contributed by atoms with Gasteiger partial charge in [0.2, 0.25) is 11.6 Å². The number of nitrogens with one attached hydrogen (secondary N) is 1. The molecule has 96 valence electrons. The summed E-state index contributed by atoms with van der Waals surface area (Å²) in [6.45, 7) is 0.849. The molecule has 1 aromatic heterocycles. The first-order valence-corrected chi connectivity index (χ1v) is 6.08. The lowest BCUT2D eigenvalue weighted by Crippen LogP contribution is -2.21. The molecule has 0 bridgehead atoms. The molecule has 18 heavy (non-hydrogen) atoms. The van der Waals surface area contributed by atoms with Crippen molar-refractivity contribution in [2.24, 2.45) is 0 Å². The summed E-state index contributed by atoms with van der Waals surface area (Å²) in [6.07, 6.45) is 5.35. The fraction of sp³-hybridized carbons (Fsp3) is 0.500. The van der Waals surface area contributed by atoms with Gasteiger partial charge in [-0.2, -0.15) is 0 Å². The van der Waals surface area contributed by atoms with Crippen LogP contribution in [0.4, 0.5) is 5.88 Å². The van der Waals surface area contributed by atoms with E-state index in [0.29, 0.717) is 19.1 Å². The number of carbonyl (C=O) groups excluding carboxylic acids is 1. The Hall–Kier alpha value is -1.98. The third kappa shape index (κ3) is 2.05. The largest absolute Gasteiger partial charge is 0.494 e. The maximum atomic E-state index is 11.9. The quantitative estimate of drug-likeness (QED) is 0.858. The molecule has 0 spiro atoms. The molecule has 3 rings (SSSR count). The van der Waals surface area contributed by atoms with Gasteiger partial charge in [-0.15, -0.1) is 0 Å². The fourth-order valence-electron chi connectivity index (χ4n) is 2.14. The van der Waals surface area contributed by atoms with Crippen LogP contribution in [0.2, 0.25) is 0 Å². The van der Waals surface area contributed by atoms with Crippen LogP contribution in [0, 0.1) is 0 Å². The zero-order valence-corrected chi connectivity index (χ0v) is 9.90. The number of anilines is 1. The monoisotopic (exact) mass is 250 g/mol. The summed E-state index contributed by atoms with van der Waals surface area (Å²) in [5.41, 5.74) is 1.96. The highest BCUT2D eigenvalue weighted by Crippen LogP contribution is 2.27. The van der Waals surface area contributed by atoms with Crippen molar-refractivity contribution in [3.05, 3.63) is 23.3 Å². The van der Waals surface area contributed by atoms with Gasteiger partial charge in [0, 0.05) is 5.56 Å². The lowest BCUT2D eigenvalue weighted by Gasteiger charge is -2.15. The Bertz CT molecular complexity index is 492. The summed E-state index contributed by atoms with van der Waals surface area (Å²) in [5, 5.41) is 6.65. The zero-order chi connectivity index (χ0) is 12.4. The summed E-state index contributed by atoms with van der Waals surface area (Å²) in [5.74, 6) is 0.242. The molecule has 0 unspecified atom stereocenters. The molecule has 0 saturated heterocycles. The van der Waals surface area contributed by atoms with Crippen molar-refractivity contribution in [1.82, 2.24) is 5.16 Å². The number of aromatic nitrogens is 1. The molecule has 0 fully saturated rings. The van der Waals surface area contributed by atoms with Gasteiger partial charge in [-0.1, -0.05) is 5.16 Å². The molecule has 1 aliphatic heterocycles. The third-order valence-corrected chi connectivity index (χ3v) is 3.06. The number of rotatable bonds is 2. The number of hydrogen-bond acceptors (Lipinski definition) is 5. The Balaban J connectivity index is 1.74. The van der Waals surface area contributed by atoms with Gasteiger partial charge in [-0.3, -0.25) is 10.1 Å². The molecule has 6 heteroatoms. The molecule has 1 aliphatic carbocycles. The van der Waals surface area contributed by atoms with Crippen LogP contribution in [0.15, 0.2) is 16.5 Å². The molecular weight excluding hydrogens is 236 g/mol. The molecular formula is C12H14N2O4. The molecule has 2 aliphatic rings. The average molecular weight is 250 g/mol. The van der Waals surface area contributed by atoms with Crippen molar-refractivity contribution in [1.29, 1.82) is 0 Å². The van der Waals surface area contributed by atoms with Crippen molar-refractivity contribution in [3.63, 3.8) is 0 Å². The van der Waals surface area contributed by atoms with Gasteiger partial charge in [0.25, 0.3) is 5.91 Å². The minimum absolute atomic E-state index is 0.169. The van der Waals surface area contributed by atoms with Crippen molar-refractivity contribution >= 4 is 11.8 Å². The Morgan fingerprint density at radius 2 is 2.17 bits per heavy atom. The van der Waals surface area contributed by atoms with Crippen molar-refractivity contribution in [2.45, 2.75) is 25.7 Å². The minimum Gasteiger partial charge on any atom is -0.494 e. The van der Waals surface area contributed by atoms with Crippen LogP contribution < -0.4 is 5.32 Å². The Labute approximate surface area is 104 Å². The van der Waals surface area contributed by atoms with Crippen molar-refractivity contribution < 1.29 is 18.8 Å². The third-order valence-electron chi connectivity index (χ3n) is 3.06. The predicted molar refractivity (Wildman–Crippen MR) is 61.8 cm³/mol. The summed E-state index contributed by atoms with van der Waals surface area (Å²) >= 11 is 0. The van der Waals surface area contributed by atoms with E-state index in [1.165, 1.54) is 6.26 Å². The van der Waals surface area contributed by atoms with Gasteiger partial charge in [0.15, 0.2) is 0 Å². The minimum atomic E-state index is -0.362. The maximum Gasteiger partial charge on any atom is 0.296 e. The van der Waals surface area contributed by atoms with Gasteiger partial charge in [-0.25, -0.2) is 0 Å². The Kier molecular flexibility index (Phi) is 2.92. The first kappa shape index (κ1) is 11.1. The summed E-state index contributed by atoms with van der Waals surface area (Å²) in [4.78, 5) is 11.9. The van der Waals surface area contributed by atoms with E-state index >= 15 is 0 Å². The lowest BCUT2D eigenvalue weighted by molar-refractivity contribution is -0.117. The molecule has 0 saturated carbocycles. The molecule has 0 aromatic carbocycles. The topological polar surface area (TPSA) is 73.6 Å². The van der Waals surface area contributed by atoms with Gasteiger partial charge < -0.3 is 14.0 Å². The highest BCUT2D eigenvalue weighted by atomic mass is 16.6. The SMILES string of the molecule is O=C(Nc1onc2c1CCCC2)C1=COCCO1. The second kappa shape index (κ2) is 4.72. The molecule has 1 N–H and O–H groups in total. The van der Waals surface area contributed by atoms with Crippen LogP contribution in [0.3, 0.4) is 0 Å². The number of carbonyl (C=O) groups is 1. The van der Waals surface area contributed by atoms with Crippen LogP contribution in [-0.2, 0) is 27.1 Å². The lowest BCUT2D eigenvalue weighted by atomic mass is 9.98. The predicted octanol–water partition coefficient (Wildman–Crippen LogP) is 1.38. The van der Waals surface area contributed by atoms with E-state index in [2.05, 4.69) is 10.5 Å². The van der Waals surface area contributed by atoms with Crippen LogP contribution in [0.5, 0.6) is 0 Å². The summed E-state index contributed by atoms with van der Waals surface area (Å²) in [7, 11) is 0. The standard InChI is InChI=1S/C12H14N2O4/c15-11(10-7-16-5-6-17-10)13-12-8-3-1-2-4-9(8)14-18-12/h7H,1-6H2,(H,13,15). The van der Waals surface area contributed by atoms with Crippen molar-refractivity contribution in [3.8, 4) is 0 Å². The first-order chi connectivity index (χ1) is 8.84. The molecule has 0 atom stereocenters. The Morgan fingerprint density at radius 1 is 1.28 bits per heavy atom. The van der Waals surface area contributed by atoms with E-state index in [9.17, 15) is 4.79 Å². The summed E-state index contributed by atoms with van der Waals surface area (Å²) < 4.78 is 15.4. The maximum absolute atomic E-state index is 11.9. The van der Waals surface area contributed by atoms with E-state index in [4.69, 9.17) is 14.0 Å². The summed E-state index contributed by atoms with van der Waals surface area (Å²) in [6, 6.07) is 0. The van der Waals surface area contributed by atoms with Crippen LogP contribution >= 0.6 is 0 Å². The van der Waals surface area contributed by atoms with E-state index in [0.717, 1.165) is 36.9 Å². The zero-order valence-electron chi connectivity index (χ0n) is 9.90. The molecule has 6 nitrogen and oxygen atoms in total. The molecule has 0 radical (unpaired) electrons. The smallest absolute Gasteiger partial charge is 0.296 e. The molecule has 2 heterocycles. The number of aryl methyl sites for hydroxylation is 1. The van der Waals surface area contributed by atoms with Gasteiger partial charge in [-0.05, 0) is 25.7 Å². The number of amides is 1. The fourth-order valence-corrected chi connectivity index (χ4v) is 2.14. The number of ether oxygens (including phenoxy) is 2. The van der Waals surface area contributed by atoms with E-state index in [-0.39, 0.29) is 11.7 Å². The average Bonchev–Trinajstić information content (AvgIpc) is 2.83. The van der Waals surface area contributed by atoms with Crippen LogP contribution in [-0.4, -0.2) is 24.3 Å². The van der Waals surface area contributed by atoms with Crippen LogP contribution in [0.25, 0.3) is 0 Å². The number of nitrogens with zero attached hydrogens (tertiary/aromatic N) is 1. The van der Waals surface area contributed by atoms with Crippen molar-refractivity contribution in [2.75, 3.05) is 18.5 Å². The number of hydrogen-bond donors (Lipinski definition) is 1. The van der Waals surface area contributed by atoms with E-state index < -0.39 is 0 Å². The van der Waals surface area contributed by atoms with E-state index in [1.54, 1.807) is 0 Å². The van der Waals surface area contributed by atoms with Crippen LogP contribution in [0.1, 0.15) is 24.1 Å².